The first-order valence-corrected chi connectivity index (χ1v) is 10.0. The summed E-state index contributed by atoms with van der Waals surface area (Å²) in [6.45, 7) is 2.37. The molecule has 0 radical (unpaired) electrons. The summed E-state index contributed by atoms with van der Waals surface area (Å²) in [5, 5.41) is 6.37. The standard InChI is InChI=1S/C21H25ClN4O2/c22-17-10-8-16(9-11-17)21(28)24-13-5-7-19(27)25-18-6-4-12-23-20(18)26-14-2-1-3-15-26/h4,6,8-12H,1-3,5,7,13-15H2,(H,24,28)(H,25,27). The van der Waals surface area contributed by atoms with Crippen LogP contribution in [-0.4, -0.2) is 36.4 Å². The molecule has 0 aliphatic carbocycles. The monoisotopic (exact) mass is 400 g/mol. The van der Waals surface area contributed by atoms with E-state index in [-0.39, 0.29) is 11.8 Å². The molecule has 1 saturated heterocycles. The lowest BCUT2D eigenvalue weighted by Crippen LogP contribution is -2.31. The van der Waals surface area contributed by atoms with Crippen molar-refractivity contribution < 1.29 is 9.59 Å². The topological polar surface area (TPSA) is 74.3 Å². The molecule has 7 heteroatoms. The van der Waals surface area contributed by atoms with E-state index in [1.165, 1.54) is 6.42 Å². The highest BCUT2D eigenvalue weighted by Crippen LogP contribution is 2.25. The summed E-state index contributed by atoms with van der Waals surface area (Å²) in [5.41, 5.74) is 1.30. The number of hydrogen-bond acceptors (Lipinski definition) is 4. The number of piperidine rings is 1. The summed E-state index contributed by atoms with van der Waals surface area (Å²) in [7, 11) is 0. The van der Waals surface area contributed by atoms with E-state index in [1.807, 2.05) is 12.1 Å². The van der Waals surface area contributed by atoms with Crippen LogP contribution in [0.4, 0.5) is 11.5 Å². The quantitative estimate of drug-likeness (QED) is 0.692. The molecule has 2 N–H and O–H groups in total. The third kappa shape index (κ3) is 5.70. The lowest BCUT2D eigenvalue weighted by Gasteiger charge is -2.29. The van der Waals surface area contributed by atoms with Crippen LogP contribution < -0.4 is 15.5 Å². The maximum absolute atomic E-state index is 12.3. The minimum atomic E-state index is -0.170. The van der Waals surface area contributed by atoms with Crippen molar-refractivity contribution in [2.45, 2.75) is 32.1 Å². The van der Waals surface area contributed by atoms with E-state index in [4.69, 9.17) is 11.6 Å². The van der Waals surface area contributed by atoms with E-state index in [0.29, 0.717) is 30.0 Å². The van der Waals surface area contributed by atoms with Crippen LogP contribution in [0.5, 0.6) is 0 Å². The molecule has 0 atom stereocenters. The molecule has 1 aromatic heterocycles. The van der Waals surface area contributed by atoms with E-state index in [0.717, 1.165) is 37.4 Å². The van der Waals surface area contributed by atoms with Crippen molar-refractivity contribution in [2.75, 3.05) is 29.9 Å². The molecule has 3 rings (SSSR count). The van der Waals surface area contributed by atoms with E-state index in [1.54, 1.807) is 30.5 Å². The molecule has 2 amide bonds. The van der Waals surface area contributed by atoms with Crippen LogP contribution in [0.3, 0.4) is 0 Å². The van der Waals surface area contributed by atoms with Gasteiger partial charge in [0.2, 0.25) is 5.91 Å². The van der Waals surface area contributed by atoms with Crippen molar-refractivity contribution >= 4 is 34.9 Å². The largest absolute Gasteiger partial charge is 0.355 e. The molecule has 2 aromatic rings. The molecule has 2 heterocycles. The zero-order valence-electron chi connectivity index (χ0n) is 15.8. The smallest absolute Gasteiger partial charge is 0.251 e. The Morgan fingerprint density at radius 2 is 1.82 bits per heavy atom. The molecule has 1 aliphatic heterocycles. The number of anilines is 2. The number of benzene rings is 1. The van der Waals surface area contributed by atoms with Gasteiger partial charge in [-0.3, -0.25) is 9.59 Å². The molecular weight excluding hydrogens is 376 g/mol. The van der Waals surface area contributed by atoms with Crippen molar-refractivity contribution in [3.63, 3.8) is 0 Å². The fourth-order valence-electron chi connectivity index (χ4n) is 3.22. The Morgan fingerprint density at radius 3 is 2.57 bits per heavy atom. The van der Waals surface area contributed by atoms with Crippen LogP contribution in [0.15, 0.2) is 42.6 Å². The number of carbonyl (C=O) groups excluding carboxylic acids is 2. The predicted molar refractivity (Wildman–Crippen MR) is 112 cm³/mol. The molecule has 1 aliphatic rings. The van der Waals surface area contributed by atoms with Gasteiger partial charge in [0.25, 0.3) is 5.91 Å². The van der Waals surface area contributed by atoms with Gasteiger partial charge in [0.1, 0.15) is 0 Å². The maximum atomic E-state index is 12.3. The van der Waals surface area contributed by atoms with Gasteiger partial charge in [-0.25, -0.2) is 4.98 Å². The zero-order chi connectivity index (χ0) is 19.8. The van der Waals surface area contributed by atoms with Crippen LogP contribution >= 0.6 is 11.6 Å². The Labute approximate surface area is 170 Å². The van der Waals surface area contributed by atoms with Gasteiger partial charge in [0, 0.05) is 42.8 Å². The van der Waals surface area contributed by atoms with Crippen molar-refractivity contribution in [3.8, 4) is 0 Å². The lowest BCUT2D eigenvalue weighted by atomic mass is 10.1. The molecule has 148 valence electrons. The number of hydrogen-bond donors (Lipinski definition) is 2. The summed E-state index contributed by atoms with van der Waals surface area (Å²) < 4.78 is 0. The fraction of sp³-hybridized carbons (Fsp3) is 0.381. The maximum Gasteiger partial charge on any atom is 0.251 e. The van der Waals surface area contributed by atoms with Gasteiger partial charge < -0.3 is 15.5 Å². The van der Waals surface area contributed by atoms with Crippen LogP contribution in [0.25, 0.3) is 0 Å². The Hall–Kier alpha value is -2.60. The summed E-state index contributed by atoms with van der Waals surface area (Å²) in [6, 6.07) is 10.4. The van der Waals surface area contributed by atoms with Crippen molar-refractivity contribution in [3.05, 3.63) is 53.2 Å². The number of pyridine rings is 1. The van der Waals surface area contributed by atoms with Gasteiger partial charge in [-0.05, 0) is 62.1 Å². The number of halogens is 1. The Balaban J connectivity index is 1.44. The normalized spacial score (nSPS) is 13.8. The minimum Gasteiger partial charge on any atom is -0.355 e. The highest BCUT2D eigenvalue weighted by atomic mass is 35.5. The first kappa shape index (κ1) is 20.1. The third-order valence-corrected chi connectivity index (χ3v) is 4.94. The number of nitrogens with one attached hydrogen (secondary N) is 2. The minimum absolute atomic E-state index is 0.0769. The predicted octanol–water partition coefficient (Wildman–Crippen LogP) is 3.87. The van der Waals surface area contributed by atoms with Crippen LogP contribution in [0, 0.1) is 0 Å². The Morgan fingerprint density at radius 1 is 1.07 bits per heavy atom. The number of carbonyl (C=O) groups is 2. The molecule has 28 heavy (non-hydrogen) atoms. The van der Waals surface area contributed by atoms with Crippen LogP contribution in [0.2, 0.25) is 5.02 Å². The summed E-state index contributed by atoms with van der Waals surface area (Å²) >= 11 is 5.82. The molecule has 0 spiro atoms. The first-order chi connectivity index (χ1) is 13.6. The lowest BCUT2D eigenvalue weighted by molar-refractivity contribution is -0.116. The van der Waals surface area contributed by atoms with Crippen LogP contribution in [-0.2, 0) is 4.79 Å². The molecule has 6 nitrogen and oxygen atoms in total. The van der Waals surface area contributed by atoms with Gasteiger partial charge in [0.15, 0.2) is 5.82 Å². The molecule has 1 fully saturated rings. The molecule has 0 saturated carbocycles. The van der Waals surface area contributed by atoms with Gasteiger partial charge in [-0.1, -0.05) is 11.6 Å². The van der Waals surface area contributed by atoms with Crippen molar-refractivity contribution in [1.29, 1.82) is 0 Å². The van der Waals surface area contributed by atoms with E-state index in [2.05, 4.69) is 20.5 Å². The van der Waals surface area contributed by atoms with E-state index in [9.17, 15) is 9.59 Å². The van der Waals surface area contributed by atoms with Crippen molar-refractivity contribution in [1.82, 2.24) is 10.3 Å². The summed E-state index contributed by atoms with van der Waals surface area (Å²) in [6.07, 6.45) is 6.19. The third-order valence-electron chi connectivity index (χ3n) is 4.69. The molecule has 1 aromatic carbocycles. The number of amides is 2. The summed E-state index contributed by atoms with van der Waals surface area (Å²) in [5.74, 6) is 0.593. The fourth-order valence-corrected chi connectivity index (χ4v) is 3.35. The second-order valence-electron chi connectivity index (χ2n) is 6.84. The van der Waals surface area contributed by atoms with Gasteiger partial charge >= 0.3 is 0 Å². The summed E-state index contributed by atoms with van der Waals surface area (Å²) in [4.78, 5) is 31.0. The van der Waals surface area contributed by atoms with E-state index < -0.39 is 0 Å². The molecule has 0 unspecified atom stereocenters. The van der Waals surface area contributed by atoms with Gasteiger partial charge in [-0.2, -0.15) is 0 Å². The second kappa shape index (κ2) is 10.1. The average Bonchev–Trinajstić information content (AvgIpc) is 2.72. The average molecular weight is 401 g/mol. The highest BCUT2D eigenvalue weighted by molar-refractivity contribution is 6.30. The Bertz CT molecular complexity index is 804. The zero-order valence-corrected chi connectivity index (χ0v) is 16.5. The number of rotatable bonds is 7. The Kier molecular flexibility index (Phi) is 7.25. The second-order valence-corrected chi connectivity index (χ2v) is 7.27. The molecule has 0 bridgehead atoms. The van der Waals surface area contributed by atoms with Crippen LogP contribution in [0.1, 0.15) is 42.5 Å². The number of aromatic nitrogens is 1. The SMILES string of the molecule is O=C(CCCNC(=O)c1ccc(Cl)cc1)Nc1cccnc1N1CCCCC1. The van der Waals surface area contributed by atoms with Gasteiger partial charge in [-0.15, -0.1) is 0 Å². The number of nitrogens with zero attached hydrogens (tertiary/aromatic N) is 2. The first-order valence-electron chi connectivity index (χ1n) is 9.67. The van der Waals surface area contributed by atoms with E-state index >= 15 is 0 Å². The van der Waals surface area contributed by atoms with Crippen molar-refractivity contribution in [2.24, 2.45) is 0 Å². The van der Waals surface area contributed by atoms with Gasteiger partial charge in [0.05, 0.1) is 5.69 Å². The molecular formula is C21H25ClN4O2. The highest BCUT2D eigenvalue weighted by Gasteiger charge is 2.16.